The fourth-order valence-electron chi connectivity index (χ4n) is 2.55. The van der Waals surface area contributed by atoms with Crippen LogP contribution in [0.5, 0.6) is 0 Å². The minimum absolute atomic E-state index is 0.154. The van der Waals surface area contributed by atoms with Crippen molar-refractivity contribution in [2.75, 3.05) is 13.2 Å². The van der Waals surface area contributed by atoms with Crippen molar-refractivity contribution in [1.29, 1.82) is 0 Å². The van der Waals surface area contributed by atoms with E-state index in [-0.39, 0.29) is 19.0 Å². The maximum atomic E-state index is 13.9. The van der Waals surface area contributed by atoms with Crippen molar-refractivity contribution >= 4 is 11.9 Å². The Kier molecular flexibility index (Phi) is 5.91. The molecule has 0 amide bonds. The summed E-state index contributed by atoms with van der Waals surface area (Å²) in [4.78, 5) is 24.8. The Balaban J connectivity index is 2.43. The van der Waals surface area contributed by atoms with Crippen LogP contribution in [0.3, 0.4) is 0 Å². The Labute approximate surface area is 146 Å². The van der Waals surface area contributed by atoms with Crippen LogP contribution in [0.1, 0.15) is 26.3 Å². The molecule has 0 spiro atoms. The van der Waals surface area contributed by atoms with E-state index in [9.17, 15) is 14.0 Å². The highest BCUT2D eigenvalue weighted by Crippen LogP contribution is 2.30. The van der Waals surface area contributed by atoms with E-state index in [0.717, 1.165) is 0 Å². The molecule has 0 N–H and O–H groups in total. The third kappa shape index (κ3) is 3.71. The van der Waals surface area contributed by atoms with E-state index in [1.807, 2.05) is 0 Å². The summed E-state index contributed by atoms with van der Waals surface area (Å²) in [6.07, 6.45) is 0. The van der Waals surface area contributed by atoms with Crippen molar-refractivity contribution < 1.29 is 23.5 Å². The molecule has 0 saturated heterocycles. The second-order valence-electron chi connectivity index (χ2n) is 5.62. The number of ether oxygens (including phenoxy) is 2. The predicted octanol–water partition coefficient (Wildman–Crippen LogP) is 3.88. The maximum absolute atomic E-state index is 13.9. The topological polar surface area (TPSA) is 52.6 Å². The molecule has 2 rings (SSSR count). The number of esters is 2. The first-order valence-corrected chi connectivity index (χ1v) is 8.15. The Morgan fingerprint density at radius 3 is 1.92 bits per heavy atom. The lowest BCUT2D eigenvalue weighted by molar-refractivity contribution is -0.163. The third-order valence-electron chi connectivity index (χ3n) is 4.01. The van der Waals surface area contributed by atoms with Gasteiger partial charge in [-0.2, -0.15) is 0 Å². The van der Waals surface area contributed by atoms with Crippen LogP contribution in [0.2, 0.25) is 0 Å². The molecular weight excluding hydrogens is 323 g/mol. The average Bonchev–Trinajstić information content (AvgIpc) is 2.62. The first kappa shape index (κ1) is 18.6. The normalized spacial score (nSPS) is 11.0. The Morgan fingerprint density at radius 1 is 0.920 bits per heavy atom. The zero-order valence-corrected chi connectivity index (χ0v) is 14.5. The highest BCUT2D eigenvalue weighted by atomic mass is 19.1. The summed E-state index contributed by atoms with van der Waals surface area (Å²) in [5.41, 5.74) is -0.0378. The number of halogens is 1. The van der Waals surface area contributed by atoms with Gasteiger partial charge < -0.3 is 9.47 Å². The number of carbonyl (C=O) groups excluding carboxylic acids is 2. The van der Waals surface area contributed by atoms with Crippen LogP contribution in [0.15, 0.2) is 48.5 Å². The Hall–Kier alpha value is -2.69. The van der Waals surface area contributed by atoms with Crippen LogP contribution in [-0.2, 0) is 24.5 Å². The van der Waals surface area contributed by atoms with Crippen LogP contribution >= 0.6 is 0 Å². The third-order valence-corrected chi connectivity index (χ3v) is 4.01. The summed E-state index contributed by atoms with van der Waals surface area (Å²) >= 11 is 0. The van der Waals surface area contributed by atoms with Gasteiger partial charge in [0.1, 0.15) is 5.82 Å². The molecule has 0 radical (unpaired) electrons. The molecular formula is C20H21FO4. The van der Waals surface area contributed by atoms with E-state index >= 15 is 0 Å². The van der Waals surface area contributed by atoms with Gasteiger partial charge >= 0.3 is 11.9 Å². The maximum Gasteiger partial charge on any atom is 0.327 e. The number of hydrogen-bond acceptors (Lipinski definition) is 4. The fourth-order valence-corrected chi connectivity index (χ4v) is 2.55. The molecule has 0 heterocycles. The molecule has 0 unspecified atom stereocenters. The number of hydrogen-bond donors (Lipinski definition) is 0. The zero-order valence-electron chi connectivity index (χ0n) is 14.5. The summed E-state index contributed by atoms with van der Waals surface area (Å²) in [7, 11) is 0. The lowest BCUT2D eigenvalue weighted by atomic mass is 9.81. The van der Waals surface area contributed by atoms with Crippen LogP contribution in [0.25, 0.3) is 11.1 Å². The van der Waals surface area contributed by atoms with E-state index in [0.29, 0.717) is 16.7 Å². The molecule has 0 aliphatic rings. The standard InChI is InChI=1S/C20H21FO4/c1-4-24-18(22)20(3,19(23)25-5-2)15-12-10-14(11-13-15)16-8-6-7-9-17(16)21/h6-13H,4-5H2,1-3H3. The molecule has 25 heavy (non-hydrogen) atoms. The number of rotatable bonds is 6. The van der Waals surface area contributed by atoms with Gasteiger partial charge in [0, 0.05) is 5.56 Å². The first-order valence-electron chi connectivity index (χ1n) is 8.15. The molecule has 0 fully saturated rings. The Morgan fingerprint density at radius 2 is 1.44 bits per heavy atom. The van der Waals surface area contributed by atoms with Crippen LogP contribution < -0.4 is 0 Å². The molecule has 0 aliphatic carbocycles. The van der Waals surface area contributed by atoms with Crippen molar-refractivity contribution in [3.05, 3.63) is 59.9 Å². The molecule has 2 aromatic carbocycles. The van der Waals surface area contributed by atoms with Gasteiger partial charge in [-0.05, 0) is 38.0 Å². The van der Waals surface area contributed by atoms with Crippen molar-refractivity contribution in [3.8, 4) is 11.1 Å². The molecule has 0 saturated carbocycles. The minimum Gasteiger partial charge on any atom is -0.465 e. The van der Waals surface area contributed by atoms with Gasteiger partial charge in [0.2, 0.25) is 0 Å². The van der Waals surface area contributed by atoms with E-state index in [2.05, 4.69) is 0 Å². The van der Waals surface area contributed by atoms with Crippen molar-refractivity contribution in [2.45, 2.75) is 26.2 Å². The van der Waals surface area contributed by atoms with E-state index < -0.39 is 17.4 Å². The van der Waals surface area contributed by atoms with Gasteiger partial charge in [-0.1, -0.05) is 42.5 Å². The van der Waals surface area contributed by atoms with Crippen LogP contribution in [0.4, 0.5) is 4.39 Å². The fraction of sp³-hybridized carbons (Fsp3) is 0.300. The summed E-state index contributed by atoms with van der Waals surface area (Å²) in [6.45, 7) is 5.12. The van der Waals surface area contributed by atoms with Crippen LogP contribution in [0, 0.1) is 5.82 Å². The van der Waals surface area contributed by atoms with Gasteiger partial charge in [-0.25, -0.2) is 4.39 Å². The Bertz CT molecular complexity index is 735. The quantitative estimate of drug-likeness (QED) is 0.589. The van der Waals surface area contributed by atoms with Gasteiger partial charge in [0.25, 0.3) is 0 Å². The molecule has 0 aromatic heterocycles. The first-order chi connectivity index (χ1) is 11.9. The highest BCUT2D eigenvalue weighted by molar-refractivity contribution is 6.06. The molecule has 2 aromatic rings. The zero-order chi connectivity index (χ0) is 18.4. The van der Waals surface area contributed by atoms with Gasteiger partial charge in [0.05, 0.1) is 13.2 Å². The van der Waals surface area contributed by atoms with Crippen molar-refractivity contribution in [3.63, 3.8) is 0 Å². The summed E-state index contributed by atoms with van der Waals surface area (Å²) in [6, 6.07) is 13.0. The van der Waals surface area contributed by atoms with Crippen molar-refractivity contribution in [1.82, 2.24) is 0 Å². The van der Waals surface area contributed by atoms with E-state index in [1.165, 1.54) is 13.0 Å². The predicted molar refractivity (Wildman–Crippen MR) is 92.5 cm³/mol. The van der Waals surface area contributed by atoms with Crippen molar-refractivity contribution in [2.24, 2.45) is 0 Å². The van der Waals surface area contributed by atoms with Crippen LogP contribution in [-0.4, -0.2) is 25.2 Å². The summed E-state index contributed by atoms with van der Waals surface area (Å²) in [5, 5.41) is 0. The minimum atomic E-state index is -1.57. The highest BCUT2D eigenvalue weighted by Gasteiger charge is 2.46. The number of carbonyl (C=O) groups is 2. The summed E-state index contributed by atoms with van der Waals surface area (Å²) < 4.78 is 24.0. The monoisotopic (exact) mass is 344 g/mol. The molecule has 4 nitrogen and oxygen atoms in total. The molecule has 5 heteroatoms. The lowest BCUT2D eigenvalue weighted by Gasteiger charge is -2.25. The largest absolute Gasteiger partial charge is 0.465 e. The number of benzene rings is 2. The van der Waals surface area contributed by atoms with Gasteiger partial charge in [-0.3, -0.25) is 9.59 Å². The molecule has 0 aliphatic heterocycles. The van der Waals surface area contributed by atoms with Gasteiger partial charge in [0.15, 0.2) is 5.41 Å². The molecule has 0 atom stereocenters. The van der Waals surface area contributed by atoms with Gasteiger partial charge in [-0.15, -0.1) is 0 Å². The average molecular weight is 344 g/mol. The second kappa shape index (κ2) is 7.92. The van der Waals surface area contributed by atoms with E-state index in [1.54, 1.807) is 56.3 Å². The lowest BCUT2D eigenvalue weighted by Crippen LogP contribution is -2.43. The SMILES string of the molecule is CCOC(=O)C(C)(C(=O)OCC)c1ccc(-c2ccccc2F)cc1. The smallest absolute Gasteiger partial charge is 0.327 e. The molecule has 0 bridgehead atoms. The van der Waals surface area contributed by atoms with E-state index in [4.69, 9.17) is 9.47 Å². The molecule has 132 valence electrons. The second-order valence-corrected chi connectivity index (χ2v) is 5.62. The summed E-state index contributed by atoms with van der Waals surface area (Å²) in [5.74, 6) is -1.69.